The van der Waals surface area contributed by atoms with Gasteiger partial charge in [-0.3, -0.25) is 4.79 Å². The van der Waals surface area contributed by atoms with E-state index in [0.29, 0.717) is 23.5 Å². The van der Waals surface area contributed by atoms with Crippen LogP contribution in [-0.4, -0.2) is 27.5 Å². The van der Waals surface area contributed by atoms with E-state index in [1.165, 1.54) is 0 Å². The number of carbonyl (C=O) groups excluding carboxylic acids is 1. The highest BCUT2D eigenvalue weighted by Crippen LogP contribution is 2.29. The van der Waals surface area contributed by atoms with Gasteiger partial charge < -0.3 is 16.2 Å². The van der Waals surface area contributed by atoms with E-state index in [2.05, 4.69) is 10.3 Å². The van der Waals surface area contributed by atoms with Gasteiger partial charge in [0.1, 0.15) is 9.88 Å². The van der Waals surface area contributed by atoms with Gasteiger partial charge in [0, 0.05) is 0 Å². The lowest BCUT2D eigenvalue weighted by molar-refractivity contribution is -0.129. The predicted molar refractivity (Wildman–Crippen MR) is 66.4 cm³/mol. The minimum Gasteiger partial charge on any atom is -0.477 e. The Bertz CT molecular complexity index is 494. The molecule has 1 aromatic heterocycles. The van der Waals surface area contributed by atoms with Crippen molar-refractivity contribution in [2.45, 2.75) is 38.3 Å². The SMILES string of the molecule is Cc1nc(CNC(=O)C2(N)CCC2)sc1C(=O)O. The van der Waals surface area contributed by atoms with E-state index in [4.69, 9.17) is 10.8 Å². The second-order valence-corrected chi connectivity index (χ2v) is 5.60. The van der Waals surface area contributed by atoms with Gasteiger partial charge in [-0.2, -0.15) is 0 Å². The Morgan fingerprint density at radius 1 is 1.56 bits per heavy atom. The maximum absolute atomic E-state index is 11.8. The summed E-state index contributed by atoms with van der Waals surface area (Å²) in [6.45, 7) is 1.87. The summed E-state index contributed by atoms with van der Waals surface area (Å²) in [6.07, 6.45) is 2.38. The standard InChI is InChI=1S/C11H15N3O3S/c1-6-8(9(15)16)18-7(14-6)5-13-10(17)11(12)3-2-4-11/h2-5,12H2,1H3,(H,13,17)(H,15,16). The molecule has 1 fully saturated rings. The Balaban J connectivity index is 1.96. The second-order valence-electron chi connectivity index (χ2n) is 4.52. The van der Waals surface area contributed by atoms with Gasteiger partial charge in [-0.25, -0.2) is 9.78 Å². The third-order valence-electron chi connectivity index (χ3n) is 3.13. The zero-order valence-corrected chi connectivity index (χ0v) is 10.8. The molecule has 0 unspecified atom stereocenters. The minimum absolute atomic E-state index is 0.182. The monoisotopic (exact) mass is 269 g/mol. The molecule has 0 radical (unpaired) electrons. The largest absolute Gasteiger partial charge is 0.477 e. The summed E-state index contributed by atoms with van der Waals surface area (Å²) in [5.41, 5.74) is 5.61. The molecule has 1 saturated carbocycles. The number of aromatic carboxylic acids is 1. The first-order chi connectivity index (χ1) is 8.42. The first kappa shape index (κ1) is 13.0. The fraction of sp³-hybridized carbons (Fsp3) is 0.545. The molecule has 7 heteroatoms. The summed E-state index contributed by atoms with van der Waals surface area (Å²) in [5.74, 6) is -1.17. The number of nitrogens with one attached hydrogen (secondary N) is 1. The molecule has 1 amide bonds. The van der Waals surface area contributed by atoms with Crippen molar-refractivity contribution in [3.63, 3.8) is 0 Å². The number of aryl methyl sites for hydroxylation is 1. The molecule has 2 rings (SSSR count). The van der Waals surface area contributed by atoms with E-state index in [0.717, 1.165) is 17.8 Å². The molecule has 1 aromatic rings. The van der Waals surface area contributed by atoms with E-state index < -0.39 is 11.5 Å². The highest BCUT2D eigenvalue weighted by Gasteiger charge is 2.39. The summed E-state index contributed by atoms with van der Waals surface area (Å²) >= 11 is 1.08. The second kappa shape index (κ2) is 4.66. The van der Waals surface area contributed by atoms with E-state index in [-0.39, 0.29) is 17.3 Å². The number of nitrogens with zero attached hydrogens (tertiary/aromatic N) is 1. The van der Waals surface area contributed by atoms with Crippen LogP contribution in [0, 0.1) is 6.92 Å². The summed E-state index contributed by atoms with van der Waals surface area (Å²) in [5, 5.41) is 12.2. The quantitative estimate of drug-likeness (QED) is 0.744. The van der Waals surface area contributed by atoms with Crippen LogP contribution < -0.4 is 11.1 Å². The Morgan fingerprint density at radius 3 is 2.67 bits per heavy atom. The first-order valence-corrected chi connectivity index (χ1v) is 6.51. The molecule has 0 saturated heterocycles. The highest BCUT2D eigenvalue weighted by molar-refractivity contribution is 7.13. The number of carbonyl (C=O) groups is 2. The molecule has 0 atom stereocenters. The lowest BCUT2D eigenvalue weighted by atomic mass is 9.77. The number of rotatable bonds is 4. The number of nitrogens with two attached hydrogens (primary N) is 1. The predicted octanol–water partition coefficient (Wildman–Crippen LogP) is 0.647. The Labute approximate surface area is 108 Å². The van der Waals surface area contributed by atoms with E-state index in [1.54, 1.807) is 6.92 Å². The van der Waals surface area contributed by atoms with Gasteiger partial charge in [-0.1, -0.05) is 0 Å². The zero-order valence-electron chi connectivity index (χ0n) is 10.0. The van der Waals surface area contributed by atoms with Crippen molar-refractivity contribution >= 4 is 23.2 Å². The molecule has 1 aliphatic carbocycles. The van der Waals surface area contributed by atoms with Crippen molar-refractivity contribution in [2.75, 3.05) is 0 Å². The average Bonchev–Trinajstić information content (AvgIpc) is 2.64. The van der Waals surface area contributed by atoms with Crippen LogP contribution in [0.2, 0.25) is 0 Å². The molecule has 1 heterocycles. The Morgan fingerprint density at radius 2 is 2.22 bits per heavy atom. The van der Waals surface area contributed by atoms with Crippen LogP contribution in [0.25, 0.3) is 0 Å². The zero-order chi connectivity index (χ0) is 13.3. The summed E-state index contributed by atoms with van der Waals surface area (Å²) in [6, 6.07) is 0. The number of amides is 1. The third-order valence-corrected chi connectivity index (χ3v) is 4.28. The number of carboxylic acids is 1. The van der Waals surface area contributed by atoms with Gasteiger partial charge in [-0.15, -0.1) is 11.3 Å². The van der Waals surface area contributed by atoms with Crippen LogP contribution in [0.1, 0.15) is 39.6 Å². The fourth-order valence-electron chi connectivity index (χ4n) is 1.84. The van der Waals surface area contributed by atoms with Crippen molar-refractivity contribution in [2.24, 2.45) is 5.73 Å². The lowest BCUT2D eigenvalue weighted by Gasteiger charge is -2.36. The van der Waals surface area contributed by atoms with E-state index in [1.807, 2.05) is 0 Å². The molecule has 0 aliphatic heterocycles. The topological polar surface area (TPSA) is 105 Å². The van der Waals surface area contributed by atoms with Crippen LogP contribution in [-0.2, 0) is 11.3 Å². The first-order valence-electron chi connectivity index (χ1n) is 5.69. The molecule has 0 spiro atoms. The van der Waals surface area contributed by atoms with Gasteiger partial charge >= 0.3 is 5.97 Å². The molecule has 4 N–H and O–H groups in total. The minimum atomic E-state index is -0.989. The van der Waals surface area contributed by atoms with Crippen molar-refractivity contribution in [3.8, 4) is 0 Å². The maximum Gasteiger partial charge on any atom is 0.347 e. The lowest BCUT2D eigenvalue weighted by Crippen LogP contribution is -2.58. The van der Waals surface area contributed by atoms with Crippen molar-refractivity contribution in [1.82, 2.24) is 10.3 Å². The van der Waals surface area contributed by atoms with Crippen LogP contribution in [0.15, 0.2) is 0 Å². The van der Waals surface area contributed by atoms with Crippen LogP contribution >= 0.6 is 11.3 Å². The van der Waals surface area contributed by atoms with Crippen LogP contribution in [0.4, 0.5) is 0 Å². The van der Waals surface area contributed by atoms with Crippen LogP contribution in [0.5, 0.6) is 0 Å². The van der Waals surface area contributed by atoms with E-state index >= 15 is 0 Å². The molecular weight excluding hydrogens is 254 g/mol. The van der Waals surface area contributed by atoms with Crippen molar-refractivity contribution in [1.29, 1.82) is 0 Å². The maximum atomic E-state index is 11.8. The molecule has 0 aromatic carbocycles. The third kappa shape index (κ3) is 2.37. The highest BCUT2D eigenvalue weighted by atomic mass is 32.1. The van der Waals surface area contributed by atoms with Gasteiger partial charge in [0.05, 0.1) is 17.8 Å². The smallest absolute Gasteiger partial charge is 0.347 e. The number of hydrogen-bond donors (Lipinski definition) is 3. The average molecular weight is 269 g/mol. The molecule has 0 bridgehead atoms. The molecule has 98 valence electrons. The van der Waals surface area contributed by atoms with E-state index in [9.17, 15) is 9.59 Å². The summed E-state index contributed by atoms with van der Waals surface area (Å²) in [7, 11) is 0. The summed E-state index contributed by atoms with van der Waals surface area (Å²) in [4.78, 5) is 26.9. The molecule has 6 nitrogen and oxygen atoms in total. The molecule has 18 heavy (non-hydrogen) atoms. The van der Waals surface area contributed by atoms with Crippen LogP contribution in [0.3, 0.4) is 0 Å². The normalized spacial score (nSPS) is 17.0. The fourth-order valence-corrected chi connectivity index (χ4v) is 2.69. The number of aromatic nitrogens is 1. The number of carboxylic acid groups (broad SMARTS) is 1. The number of hydrogen-bond acceptors (Lipinski definition) is 5. The van der Waals surface area contributed by atoms with Gasteiger partial charge in [0.2, 0.25) is 5.91 Å². The molecule has 1 aliphatic rings. The van der Waals surface area contributed by atoms with Gasteiger partial charge in [-0.05, 0) is 26.2 Å². The molecular formula is C11H15N3O3S. The van der Waals surface area contributed by atoms with Gasteiger partial charge in [0.15, 0.2) is 0 Å². The van der Waals surface area contributed by atoms with Gasteiger partial charge in [0.25, 0.3) is 0 Å². The van der Waals surface area contributed by atoms with Crippen molar-refractivity contribution in [3.05, 3.63) is 15.6 Å². The van der Waals surface area contributed by atoms with Crippen molar-refractivity contribution < 1.29 is 14.7 Å². The number of thiazole rings is 1. The Hall–Kier alpha value is -1.47. The summed E-state index contributed by atoms with van der Waals surface area (Å²) < 4.78 is 0. The Kier molecular flexibility index (Phi) is 3.36.